The van der Waals surface area contributed by atoms with Crippen LogP contribution in [0.15, 0.2) is 40.9 Å². The average Bonchev–Trinajstić information content (AvgIpc) is 3.30. The molecule has 1 aliphatic carbocycles. The first-order chi connectivity index (χ1) is 13.1. The molecule has 1 N–H and O–H groups in total. The van der Waals surface area contributed by atoms with E-state index >= 15 is 0 Å². The van der Waals surface area contributed by atoms with Crippen LogP contribution in [0.1, 0.15) is 30.9 Å². The van der Waals surface area contributed by atoms with Gasteiger partial charge >= 0.3 is 0 Å². The van der Waals surface area contributed by atoms with Gasteiger partial charge in [-0.15, -0.1) is 0 Å². The fourth-order valence-electron chi connectivity index (χ4n) is 3.38. The van der Waals surface area contributed by atoms with Gasteiger partial charge in [-0.1, -0.05) is 28.1 Å². The summed E-state index contributed by atoms with van der Waals surface area (Å²) in [5.74, 6) is 2.35. The lowest BCUT2D eigenvalue weighted by Gasteiger charge is -2.24. The standard InChI is InChI=1S/C21H23BrN2O3/c1-14(25)23-19-9-18(22)6-5-17(19)12-24(10-15-2-3-15)11-16-4-7-20-21(8-16)27-13-26-20/h4-9,15H,2-3,10-13H2,1H3,(H,23,25). The molecule has 1 aliphatic heterocycles. The van der Waals surface area contributed by atoms with Crippen molar-refractivity contribution < 1.29 is 14.3 Å². The Bertz CT molecular complexity index is 851. The molecule has 2 aliphatic rings. The number of nitrogens with zero attached hydrogens (tertiary/aromatic N) is 1. The third-order valence-corrected chi connectivity index (χ3v) is 5.33. The molecule has 0 spiro atoms. The first-order valence-electron chi connectivity index (χ1n) is 9.24. The Hall–Kier alpha value is -2.05. The Balaban J connectivity index is 1.53. The van der Waals surface area contributed by atoms with Crippen LogP contribution in [-0.4, -0.2) is 24.1 Å². The van der Waals surface area contributed by atoms with Gasteiger partial charge in [0, 0.05) is 36.7 Å². The third-order valence-electron chi connectivity index (χ3n) is 4.83. The Kier molecular flexibility index (Phi) is 5.36. The molecule has 2 aromatic rings. The number of hydrogen-bond donors (Lipinski definition) is 1. The summed E-state index contributed by atoms with van der Waals surface area (Å²) < 4.78 is 11.9. The Labute approximate surface area is 167 Å². The highest BCUT2D eigenvalue weighted by Gasteiger charge is 2.25. The van der Waals surface area contributed by atoms with E-state index in [0.29, 0.717) is 6.79 Å². The lowest BCUT2D eigenvalue weighted by molar-refractivity contribution is -0.114. The third kappa shape index (κ3) is 4.82. The van der Waals surface area contributed by atoms with E-state index < -0.39 is 0 Å². The zero-order valence-electron chi connectivity index (χ0n) is 15.3. The molecule has 4 rings (SSSR count). The van der Waals surface area contributed by atoms with E-state index in [-0.39, 0.29) is 5.91 Å². The summed E-state index contributed by atoms with van der Waals surface area (Å²) >= 11 is 3.49. The second-order valence-electron chi connectivity index (χ2n) is 7.28. The van der Waals surface area contributed by atoms with Crippen LogP contribution in [0.25, 0.3) is 0 Å². The van der Waals surface area contributed by atoms with Crippen LogP contribution in [0.4, 0.5) is 5.69 Å². The smallest absolute Gasteiger partial charge is 0.231 e. The molecular weight excluding hydrogens is 408 g/mol. The van der Waals surface area contributed by atoms with E-state index in [9.17, 15) is 4.79 Å². The first kappa shape index (κ1) is 18.3. The molecule has 0 atom stereocenters. The molecule has 1 heterocycles. The number of anilines is 1. The molecule has 5 nitrogen and oxygen atoms in total. The van der Waals surface area contributed by atoms with Crippen molar-refractivity contribution in [3.63, 3.8) is 0 Å². The highest BCUT2D eigenvalue weighted by Crippen LogP contribution is 2.35. The van der Waals surface area contributed by atoms with E-state index in [0.717, 1.165) is 52.8 Å². The molecule has 1 amide bonds. The molecule has 1 fully saturated rings. The van der Waals surface area contributed by atoms with Gasteiger partial charge in [0.15, 0.2) is 11.5 Å². The molecule has 0 aromatic heterocycles. The molecule has 1 saturated carbocycles. The highest BCUT2D eigenvalue weighted by molar-refractivity contribution is 9.10. The van der Waals surface area contributed by atoms with E-state index in [4.69, 9.17) is 9.47 Å². The van der Waals surface area contributed by atoms with Gasteiger partial charge in [0.05, 0.1) is 0 Å². The summed E-state index contributed by atoms with van der Waals surface area (Å²) in [6.07, 6.45) is 2.60. The normalized spacial score (nSPS) is 15.2. The summed E-state index contributed by atoms with van der Waals surface area (Å²) in [5.41, 5.74) is 3.19. The lowest BCUT2D eigenvalue weighted by Crippen LogP contribution is -2.26. The number of carbonyl (C=O) groups excluding carboxylic acids is 1. The monoisotopic (exact) mass is 430 g/mol. The number of carbonyl (C=O) groups is 1. The summed E-state index contributed by atoms with van der Waals surface area (Å²) in [5, 5.41) is 2.95. The van der Waals surface area contributed by atoms with Crippen LogP contribution >= 0.6 is 15.9 Å². The van der Waals surface area contributed by atoms with Crippen LogP contribution in [0.2, 0.25) is 0 Å². The largest absolute Gasteiger partial charge is 0.454 e. The molecular formula is C21H23BrN2O3. The van der Waals surface area contributed by atoms with Crippen molar-refractivity contribution >= 4 is 27.5 Å². The number of nitrogens with one attached hydrogen (secondary N) is 1. The van der Waals surface area contributed by atoms with E-state index in [1.54, 1.807) is 6.92 Å². The van der Waals surface area contributed by atoms with Gasteiger partial charge < -0.3 is 14.8 Å². The SMILES string of the molecule is CC(=O)Nc1cc(Br)ccc1CN(Cc1ccc2c(c1)OCO2)CC1CC1. The molecule has 0 saturated heterocycles. The van der Waals surface area contributed by atoms with Gasteiger partial charge in [0.2, 0.25) is 12.7 Å². The molecule has 0 unspecified atom stereocenters. The van der Waals surface area contributed by atoms with Crippen molar-refractivity contribution in [1.82, 2.24) is 4.90 Å². The maximum atomic E-state index is 11.6. The number of hydrogen-bond acceptors (Lipinski definition) is 4. The minimum Gasteiger partial charge on any atom is -0.454 e. The van der Waals surface area contributed by atoms with Crippen molar-refractivity contribution in [1.29, 1.82) is 0 Å². The minimum atomic E-state index is -0.0566. The zero-order valence-corrected chi connectivity index (χ0v) is 16.9. The predicted octanol–water partition coefficient (Wildman–Crippen LogP) is 4.55. The second-order valence-corrected chi connectivity index (χ2v) is 8.20. The fourth-order valence-corrected chi connectivity index (χ4v) is 3.74. The van der Waals surface area contributed by atoms with Crippen LogP contribution in [-0.2, 0) is 17.9 Å². The minimum absolute atomic E-state index is 0.0566. The molecule has 6 heteroatoms. The van der Waals surface area contributed by atoms with Crippen LogP contribution in [0.3, 0.4) is 0 Å². The number of rotatable bonds is 7. The predicted molar refractivity (Wildman–Crippen MR) is 108 cm³/mol. The topological polar surface area (TPSA) is 50.8 Å². The molecule has 2 aromatic carbocycles. The van der Waals surface area contributed by atoms with Crippen molar-refractivity contribution in [2.24, 2.45) is 5.92 Å². The molecule has 142 valence electrons. The summed E-state index contributed by atoms with van der Waals surface area (Å²) in [7, 11) is 0. The molecule has 0 bridgehead atoms. The first-order valence-corrected chi connectivity index (χ1v) is 10.0. The van der Waals surface area contributed by atoms with Gasteiger partial charge in [-0.05, 0) is 54.2 Å². The van der Waals surface area contributed by atoms with Crippen molar-refractivity contribution in [2.75, 3.05) is 18.7 Å². The molecule has 0 radical (unpaired) electrons. The van der Waals surface area contributed by atoms with E-state index in [1.807, 2.05) is 18.2 Å². The number of halogens is 1. The van der Waals surface area contributed by atoms with Crippen molar-refractivity contribution in [2.45, 2.75) is 32.9 Å². The number of amides is 1. The fraction of sp³-hybridized carbons (Fsp3) is 0.381. The number of fused-ring (bicyclic) bond motifs is 1. The maximum absolute atomic E-state index is 11.6. The van der Waals surface area contributed by atoms with Crippen LogP contribution < -0.4 is 14.8 Å². The van der Waals surface area contributed by atoms with Gasteiger partial charge in [-0.25, -0.2) is 0 Å². The highest BCUT2D eigenvalue weighted by atomic mass is 79.9. The Morgan fingerprint density at radius 3 is 2.74 bits per heavy atom. The quantitative estimate of drug-likeness (QED) is 0.699. The summed E-state index contributed by atoms with van der Waals surface area (Å²) in [6, 6.07) is 12.2. The number of benzene rings is 2. The lowest BCUT2D eigenvalue weighted by atomic mass is 10.1. The van der Waals surface area contributed by atoms with E-state index in [1.165, 1.54) is 18.4 Å². The Morgan fingerprint density at radius 2 is 1.96 bits per heavy atom. The maximum Gasteiger partial charge on any atom is 0.231 e. The van der Waals surface area contributed by atoms with Crippen LogP contribution in [0.5, 0.6) is 11.5 Å². The van der Waals surface area contributed by atoms with E-state index in [2.05, 4.69) is 44.3 Å². The zero-order chi connectivity index (χ0) is 18.8. The summed E-state index contributed by atoms with van der Waals surface area (Å²) in [6.45, 7) is 4.52. The van der Waals surface area contributed by atoms with Gasteiger partial charge in [0.1, 0.15) is 0 Å². The molecule has 27 heavy (non-hydrogen) atoms. The number of ether oxygens (including phenoxy) is 2. The Morgan fingerprint density at radius 1 is 1.15 bits per heavy atom. The van der Waals surface area contributed by atoms with Gasteiger partial charge in [0.25, 0.3) is 0 Å². The average molecular weight is 431 g/mol. The van der Waals surface area contributed by atoms with Gasteiger partial charge in [-0.3, -0.25) is 9.69 Å². The van der Waals surface area contributed by atoms with Crippen molar-refractivity contribution in [3.8, 4) is 11.5 Å². The van der Waals surface area contributed by atoms with Crippen molar-refractivity contribution in [3.05, 3.63) is 52.0 Å². The van der Waals surface area contributed by atoms with Crippen LogP contribution in [0, 0.1) is 5.92 Å². The second kappa shape index (κ2) is 7.90. The van der Waals surface area contributed by atoms with Gasteiger partial charge in [-0.2, -0.15) is 0 Å². The summed E-state index contributed by atoms with van der Waals surface area (Å²) in [4.78, 5) is 14.0.